The fourth-order valence-electron chi connectivity index (χ4n) is 8.18. The molecule has 4 aliphatic heterocycles. The summed E-state index contributed by atoms with van der Waals surface area (Å²) in [6.45, 7) is 13.9. The molecule has 0 aliphatic carbocycles. The highest BCUT2D eigenvalue weighted by molar-refractivity contribution is 6.23. The number of Topliss-reactive ketones (excluding diaryl/α,β-unsaturated/α-hetero) is 1. The maximum absolute atomic E-state index is 14.4. The first-order valence-electron chi connectivity index (χ1n) is 20.2. The molecule has 1 fully saturated rings. The second-order valence-electron chi connectivity index (χ2n) is 16.2. The van der Waals surface area contributed by atoms with Crippen molar-refractivity contribution in [2.75, 3.05) is 25.5 Å². The van der Waals surface area contributed by atoms with Gasteiger partial charge in [0.2, 0.25) is 0 Å². The minimum absolute atomic E-state index is 0.0578. The number of phenolic OH excluding ortho intramolecular Hbond substituents is 3. The Hall–Kier alpha value is -5.12. The molecule has 0 aromatic heterocycles. The van der Waals surface area contributed by atoms with Crippen molar-refractivity contribution in [3.05, 3.63) is 47.3 Å². The number of aliphatic hydroxyl groups is 2. The lowest BCUT2D eigenvalue weighted by Crippen LogP contribution is -2.46. The predicted octanol–water partition coefficient (Wildman–Crippen LogP) is 6.29. The van der Waals surface area contributed by atoms with Crippen LogP contribution < -0.4 is 10.1 Å². The van der Waals surface area contributed by atoms with Crippen LogP contribution in [0.2, 0.25) is 0 Å². The van der Waals surface area contributed by atoms with Crippen LogP contribution in [0.5, 0.6) is 23.0 Å². The molecule has 5 bridgehead atoms. The van der Waals surface area contributed by atoms with Gasteiger partial charge in [0.1, 0.15) is 29.0 Å². The molecule has 0 unspecified atom stereocenters. The summed E-state index contributed by atoms with van der Waals surface area (Å²) in [4.78, 5) is 47.1. The summed E-state index contributed by atoms with van der Waals surface area (Å²) in [5.41, 5.74) is -0.505. The van der Waals surface area contributed by atoms with Gasteiger partial charge in [0.05, 0.1) is 41.9 Å². The smallest absolute Gasteiger partial charge is 0.312 e. The molecular formula is C44H59N3O12. The van der Waals surface area contributed by atoms with Gasteiger partial charge in [-0.1, -0.05) is 58.8 Å². The number of nitrogens with one attached hydrogen (secondary N) is 1. The zero-order valence-corrected chi connectivity index (χ0v) is 35.3. The van der Waals surface area contributed by atoms with Crippen LogP contribution in [0.4, 0.5) is 11.4 Å². The maximum atomic E-state index is 14.4. The first-order valence-corrected chi connectivity index (χ1v) is 20.2. The van der Waals surface area contributed by atoms with Crippen molar-refractivity contribution in [2.24, 2.45) is 28.7 Å². The van der Waals surface area contributed by atoms with Gasteiger partial charge in [-0.25, -0.2) is 4.99 Å². The third-order valence-electron chi connectivity index (χ3n) is 12.0. The Balaban J connectivity index is 1.71. The summed E-state index contributed by atoms with van der Waals surface area (Å²) in [6.07, 6.45) is 9.07. The number of esters is 1. The number of allylic oxidation sites excluding steroid dienone is 2. The first kappa shape index (κ1) is 45.0. The Morgan fingerprint density at radius 2 is 1.59 bits per heavy atom. The lowest BCUT2D eigenvalue weighted by Gasteiger charge is -2.38. The van der Waals surface area contributed by atoms with Crippen LogP contribution in [0.3, 0.4) is 0 Å². The SMILES string of the molecule is CO[C@H]1/C=C/O[C@@]2(C)Oc3c(C)c(O)c4c(O)c(c(N=CN5CCCCCC5)c(O)c4c3C2=O)NC(=O)/C(C)=C\C=C\[C@@H](C)[C@H](O)[C@@H](C)[C@H](O)[C@@H](C)[C@H](OC(C)=O)[C@@H]1C. The van der Waals surface area contributed by atoms with Gasteiger partial charge in [-0.15, -0.1) is 0 Å². The van der Waals surface area contributed by atoms with E-state index in [4.69, 9.17) is 18.9 Å². The van der Waals surface area contributed by atoms with E-state index in [-0.39, 0.29) is 44.6 Å². The van der Waals surface area contributed by atoms with Gasteiger partial charge in [0.25, 0.3) is 11.7 Å². The van der Waals surface area contributed by atoms with Crippen molar-refractivity contribution < 1.29 is 58.9 Å². The third-order valence-corrected chi connectivity index (χ3v) is 12.0. The minimum atomic E-state index is -2.04. The number of carbonyl (C=O) groups is 3. The number of hydrogen-bond donors (Lipinski definition) is 6. The minimum Gasteiger partial charge on any atom is -0.507 e. The molecule has 6 rings (SSSR count). The number of hydrogen-bond acceptors (Lipinski definition) is 13. The van der Waals surface area contributed by atoms with Crippen molar-refractivity contribution in [1.82, 2.24) is 4.90 Å². The van der Waals surface area contributed by atoms with Gasteiger partial charge in [-0.2, -0.15) is 0 Å². The third kappa shape index (κ3) is 9.07. The number of aliphatic hydroxyl groups excluding tert-OH is 2. The van der Waals surface area contributed by atoms with E-state index < -0.39 is 88.8 Å². The summed E-state index contributed by atoms with van der Waals surface area (Å²) in [5, 5.41) is 60.5. The van der Waals surface area contributed by atoms with Gasteiger partial charge >= 0.3 is 11.8 Å². The number of amides is 1. The fraction of sp³-hybridized carbons (Fsp3) is 0.545. The Labute approximate surface area is 345 Å². The largest absolute Gasteiger partial charge is 0.507 e. The molecule has 59 heavy (non-hydrogen) atoms. The highest BCUT2D eigenvalue weighted by Gasteiger charge is 2.50. The van der Waals surface area contributed by atoms with Gasteiger partial charge in [0.15, 0.2) is 11.5 Å². The molecule has 9 atom stereocenters. The van der Waals surface area contributed by atoms with E-state index in [0.717, 1.165) is 25.7 Å². The topological polar surface area (TPSA) is 217 Å². The number of likely N-dealkylation sites (tertiary alicyclic amines) is 1. The van der Waals surface area contributed by atoms with E-state index >= 15 is 0 Å². The second-order valence-corrected chi connectivity index (χ2v) is 16.2. The molecule has 1 saturated heterocycles. The number of fused-ring (bicyclic) bond motifs is 14. The average Bonchev–Trinajstić information content (AvgIpc) is 3.33. The van der Waals surface area contributed by atoms with Crippen molar-refractivity contribution in [1.29, 1.82) is 0 Å². The quantitative estimate of drug-likeness (QED) is 0.0658. The van der Waals surface area contributed by atoms with Crippen LogP contribution in [0, 0.1) is 30.6 Å². The number of aromatic hydroxyl groups is 3. The summed E-state index contributed by atoms with van der Waals surface area (Å²) >= 11 is 0. The van der Waals surface area contributed by atoms with Gasteiger partial charge < -0.3 is 54.7 Å². The Morgan fingerprint density at radius 1 is 0.932 bits per heavy atom. The number of anilines is 1. The van der Waals surface area contributed by atoms with Crippen molar-refractivity contribution in [2.45, 2.75) is 111 Å². The molecule has 4 aliphatic rings. The van der Waals surface area contributed by atoms with E-state index in [2.05, 4.69) is 10.3 Å². The number of nitrogens with zero attached hydrogens (tertiary/aromatic N) is 2. The number of methoxy groups -OCH3 is 1. The molecule has 0 radical (unpaired) electrons. The van der Waals surface area contributed by atoms with Crippen LogP contribution in [0.25, 0.3) is 10.8 Å². The standard InChI is InChI=1S/C44H59N3O12/c1-22-15-14-16-23(2)43(55)46-34-33(45-21-47-18-12-10-11-13-19-47)38(52)30-31(39(34)53)37(51)27(6)41-32(30)42(54)44(8,59-41)57-20-17-29(56-9)24(3)40(58-28(7)48)26(5)36(50)25(4)35(22)49/h14-17,20-22,24-26,29,35-36,40,49-53H,10-13,18-19H2,1-9H3,(H,46,55)/b15-14+,20-17+,23-16-,45-21?/t22-,24-,25-,26-,29+,35+,36+,40-,44+/m1/s1. The molecule has 15 heteroatoms. The molecule has 1 amide bonds. The van der Waals surface area contributed by atoms with E-state index in [0.29, 0.717) is 13.1 Å². The Bertz CT molecular complexity index is 2050. The molecule has 322 valence electrons. The van der Waals surface area contributed by atoms with Crippen LogP contribution >= 0.6 is 0 Å². The molecule has 2 aromatic rings. The predicted molar refractivity (Wildman–Crippen MR) is 222 cm³/mol. The number of rotatable bonds is 4. The summed E-state index contributed by atoms with van der Waals surface area (Å²) < 4.78 is 23.6. The Morgan fingerprint density at radius 3 is 2.22 bits per heavy atom. The zero-order chi connectivity index (χ0) is 43.5. The van der Waals surface area contributed by atoms with Gasteiger partial charge in [0, 0.05) is 74.2 Å². The average molecular weight is 822 g/mol. The molecule has 15 nitrogen and oxygen atoms in total. The number of ether oxygens (including phenoxy) is 4. The summed E-state index contributed by atoms with van der Waals surface area (Å²) in [6, 6.07) is 0. The molecule has 0 saturated carbocycles. The van der Waals surface area contributed by atoms with E-state index in [1.165, 1.54) is 59.6 Å². The lowest BCUT2D eigenvalue weighted by molar-refractivity contribution is -0.160. The highest BCUT2D eigenvalue weighted by atomic mass is 16.7. The lowest BCUT2D eigenvalue weighted by atomic mass is 9.78. The van der Waals surface area contributed by atoms with E-state index in [9.17, 15) is 39.9 Å². The number of phenols is 3. The molecule has 0 spiro atoms. The van der Waals surface area contributed by atoms with Crippen molar-refractivity contribution in [3.8, 4) is 23.0 Å². The normalized spacial score (nSPS) is 31.9. The summed E-state index contributed by atoms with van der Waals surface area (Å²) in [5.74, 6) is -8.38. The fourth-order valence-corrected chi connectivity index (χ4v) is 8.18. The number of ketones is 1. The monoisotopic (exact) mass is 821 g/mol. The molecule has 2 aromatic carbocycles. The second kappa shape index (κ2) is 18.4. The number of carbonyl (C=O) groups excluding carboxylic acids is 3. The van der Waals surface area contributed by atoms with E-state index in [1.54, 1.807) is 39.8 Å². The number of benzene rings is 2. The van der Waals surface area contributed by atoms with Gasteiger partial charge in [-0.05, 0) is 32.8 Å². The first-order chi connectivity index (χ1) is 27.8. The molecular weight excluding hydrogens is 762 g/mol. The van der Waals surface area contributed by atoms with Crippen LogP contribution in [0.1, 0.15) is 90.1 Å². The maximum Gasteiger partial charge on any atom is 0.312 e. The van der Waals surface area contributed by atoms with Crippen LogP contribution in [0.15, 0.2) is 41.1 Å². The van der Waals surface area contributed by atoms with Crippen molar-refractivity contribution >= 4 is 46.1 Å². The molecule has 6 N–H and O–H groups in total. The van der Waals surface area contributed by atoms with Crippen molar-refractivity contribution in [3.63, 3.8) is 0 Å². The Kier molecular flexibility index (Phi) is 14.0. The van der Waals surface area contributed by atoms with Crippen LogP contribution in [-0.2, 0) is 23.8 Å². The van der Waals surface area contributed by atoms with E-state index in [1.807, 2.05) is 4.90 Å². The summed E-state index contributed by atoms with van der Waals surface area (Å²) in [7, 11) is 1.44. The highest BCUT2D eigenvalue weighted by Crippen LogP contribution is 2.57. The molecule has 4 heterocycles. The van der Waals surface area contributed by atoms with Gasteiger partial charge in [-0.3, -0.25) is 14.4 Å². The number of aliphatic imine (C=N–C) groups is 1. The van der Waals surface area contributed by atoms with Crippen LogP contribution in [-0.4, -0.2) is 105 Å². The zero-order valence-electron chi connectivity index (χ0n) is 35.3.